The van der Waals surface area contributed by atoms with Crippen LogP contribution in [0.15, 0.2) is 54.0 Å². The van der Waals surface area contributed by atoms with Crippen molar-refractivity contribution in [3.05, 3.63) is 65.2 Å². The van der Waals surface area contributed by atoms with Gasteiger partial charge in [0.15, 0.2) is 0 Å². The third-order valence-electron chi connectivity index (χ3n) is 2.89. The van der Waals surface area contributed by atoms with Crippen LogP contribution in [-0.2, 0) is 6.54 Å². The number of rotatable bonds is 3. The molecule has 2 aromatic carbocycles. The number of aromatic nitrogens is 1. The molecule has 1 aromatic heterocycles. The third kappa shape index (κ3) is 2.63. The first kappa shape index (κ1) is 11.9. The fourth-order valence-corrected chi connectivity index (χ4v) is 2.59. The van der Waals surface area contributed by atoms with Gasteiger partial charge in [-0.3, -0.25) is 4.79 Å². The molecule has 0 aliphatic rings. The lowest BCUT2D eigenvalue weighted by atomic mass is 10.2. The highest BCUT2D eigenvalue weighted by molar-refractivity contribution is 7.16. The number of amides is 1. The van der Waals surface area contributed by atoms with Gasteiger partial charge in [0.05, 0.1) is 15.7 Å². The highest BCUT2D eigenvalue weighted by Crippen LogP contribution is 2.19. The molecule has 1 amide bonds. The largest absolute Gasteiger partial charge is 0.348 e. The number of nitrogens with one attached hydrogen (secondary N) is 1. The molecular formula is C15H12N2OS. The molecule has 1 heterocycles. The Balaban J connectivity index is 1.73. The van der Waals surface area contributed by atoms with E-state index in [-0.39, 0.29) is 5.91 Å². The van der Waals surface area contributed by atoms with Gasteiger partial charge < -0.3 is 5.32 Å². The minimum Gasteiger partial charge on any atom is -0.348 e. The maximum Gasteiger partial charge on any atom is 0.251 e. The standard InChI is InChI=1S/C15H12N2OS/c18-15(16-9-11-4-2-1-3-5-11)12-6-7-13-14(8-12)19-10-17-13/h1-8,10H,9H2,(H,16,18). The van der Waals surface area contributed by atoms with Gasteiger partial charge in [-0.1, -0.05) is 30.3 Å². The van der Waals surface area contributed by atoms with Crippen LogP contribution in [0.25, 0.3) is 10.2 Å². The Morgan fingerprint density at radius 2 is 2.00 bits per heavy atom. The summed E-state index contributed by atoms with van der Waals surface area (Å²) in [5.74, 6) is -0.0563. The summed E-state index contributed by atoms with van der Waals surface area (Å²) in [5.41, 5.74) is 4.49. The van der Waals surface area contributed by atoms with E-state index in [1.165, 1.54) is 0 Å². The van der Waals surface area contributed by atoms with E-state index in [4.69, 9.17) is 0 Å². The fourth-order valence-electron chi connectivity index (χ4n) is 1.88. The minimum absolute atomic E-state index is 0.0563. The zero-order chi connectivity index (χ0) is 13.1. The molecule has 3 aromatic rings. The topological polar surface area (TPSA) is 42.0 Å². The molecule has 0 fully saturated rings. The van der Waals surface area contributed by atoms with Crippen LogP contribution in [0.2, 0.25) is 0 Å². The van der Waals surface area contributed by atoms with Crippen molar-refractivity contribution in [3.8, 4) is 0 Å². The molecule has 0 radical (unpaired) electrons. The quantitative estimate of drug-likeness (QED) is 0.792. The van der Waals surface area contributed by atoms with Crippen LogP contribution >= 0.6 is 11.3 Å². The van der Waals surface area contributed by atoms with E-state index >= 15 is 0 Å². The van der Waals surface area contributed by atoms with E-state index < -0.39 is 0 Å². The van der Waals surface area contributed by atoms with Crippen molar-refractivity contribution < 1.29 is 4.79 Å². The van der Waals surface area contributed by atoms with Crippen LogP contribution in [0.3, 0.4) is 0 Å². The first-order valence-electron chi connectivity index (χ1n) is 5.98. The first-order valence-corrected chi connectivity index (χ1v) is 6.86. The summed E-state index contributed by atoms with van der Waals surface area (Å²) >= 11 is 1.54. The summed E-state index contributed by atoms with van der Waals surface area (Å²) in [6.07, 6.45) is 0. The summed E-state index contributed by atoms with van der Waals surface area (Å²) in [6.45, 7) is 0.542. The predicted molar refractivity (Wildman–Crippen MR) is 77.2 cm³/mol. The molecule has 0 aliphatic heterocycles. The van der Waals surface area contributed by atoms with Crippen LogP contribution in [-0.4, -0.2) is 10.9 Å². The monoisotopic (exact) mass is 268 g/mol. The summed E-state index contributed by atoms with van der Waals surface area (Å²) in [5, 5.41) is 2.92. The minimum atomic E-state index is -0.0563. The molecule has 94 valence electrons. The van der Waals surface area contributed by atoms with Crippen LogP contribution < -0.4 is 5.32 Å². The second-order valence-electron chi connectivity index (χ2n) is 4.20. The van der Waals surface area contributed by atoms with E-state index in [1.807, 2.05) is 48.5 Å². The average molecular weight is 268 g/mol. The molecule has 0 saturated carbocycles. The maximum atomic E-state index is 12.1. The molecular weight excluding hydrogens is 256 g/mol. The van der Waals surface area contributed by atoms with E-state index in [1.54, 1.807) is 16.8 Å². The van der Waals surface area contributed by atoms with Crippen molar-refractivity contribution in [2.75, 3.05) is 0 Å². The Morgan fingerprint density at radius 1 is 1.16 bits per heavy atom. The van der Waals surface area contributed by atoms with Gasteiger partial charge in [0.1, 0.15) is 0 Å². The average Bonchev–Trinajstić information content (AvgIpc) is 2.93. The molecule has 1 N–H and O–H groups in total. The van der Waals surface area contributed by atoms with Crippen LogP contribution in [0, 0.1) is 0 Å². The lowest BCUT2D eigenvalue weighted by Crippen LogP contribution is -2.22. The molecule has 4 heteroatoms. The smallest absolute Gasteiger partial charge is 0.251 e. The number of carbonyl (C=O) groups excluding carboxylic acids is 1. The number of benzene rings is 2. The number of carbonyl (C=O) groups is 1. The SMILES string of the molecule is O=C(NCc1ccccc1)c1ccc2ncsc2c1. The number of hydrogen-bond donors (Lipinski definition) is 1. The zero-order valence-corrected chi connectivity index (χ0v) is 11.0. The van der Waals surface area contributed by atoms with Gasteiger partial charge >= 0.3 is 0 Å². The normalized spacial score (nSPS) is 10.5. The van der Waals surface area contributed by atoms with Gasteiger partial charge in [-0.2, -0.15) is 0 Å². The van der Waals surface area contributed by atoms with Crippen molar-refractivity contribution in [2.24, 2.45) is 0 Å². The van der Waals surface area contributed by atoms with Crippen LogP contribution in [0.4, 0.5) is 0 Å². The molecule has 0 atom stereocenters. The summed E-state index contributed by atoms with van der Waals surface area (Å²) < 4.78 is 1.03. The van der Waals surface area contributed by atoms with E-state index in [2.05, 4.69) is 10.3 Å². The van der Waals surface area contributed by atoms with Crippen molar-refractivity contribution in [2.45, 2.75) is 6.54 Å². The van der Waals surface area contributed by atoms with Gasteiger partial charge in [0.2, 0.25) is 0 Å². The van der Waals surface area contributed by atoms with Crippen molar-refractivity contribution in [1.82, 2.24) is 10.3 Å². The van der Waals surface area contributed by atoms with Crippen LogP contribution in [0.5, 0.6) is 0 Å². The van der Waals surface area contributed by atoms with E-state index in [9.17, 15) is 4.79 Å². The summed E-state index contributed by atoms with van der Waals surface area (Å²) in [6, 6.07) is 15.4. The Labute approximate surface area is 114 Å². The van der Waals surface area contributed by atoms with Crippen molar-refractivity contribution >= 4 is 27.5 Å². The Hall–Kier alpha value is -2.20. The number of nitrogens with zero attached hydrogens (tertiary/aromatic N) is 1. The molecule has 0 saturated heterocycles. The molecule has 3 rings (SSSR count). The van der Waals surface area contributed by atoms with Gasteiger partial charge in [-0.25, -0.2) is 4.98 Å². The third-order valence-corrected chi connectivity index (χ3v) is 3.68. The van der Waals surface area contributed by atoms with Gasteiger partial charge in [-0.15, -0.1) is 11.3 Å². The zero-order valence-electron chi connectivity index (χ0n) is 10.2. The number of fused-ring (bicyclic) bond motifs is 1. The highest BCUT2D eigenvalue weighted by Gasteiger charge is 2.07. The van der Waals surface area contributed by atoms with Crippen LogP contribution in [0.1, 0.15) is 15.9 Å². The van der Waals surface area contributed by atoms with E-state index in [0.717, 1.165) is 15.8 Å². The fraction of sp³-hybridized carbons (Fsp3) is 0.0667. The summed E-state index contributed by atoms with van der Waals surface area (Å²) in [4.78, 5) is 16.3. The van der Waals surface area contributed by atoms with Crippen molar-refractivity contribution in [3.63, 3.8) is 0 Å². The van der Waals surface area contributed by atoms with Gasteiger partial charge in [0, 0.05) is 12.1 Å². The highest BCUT2D eigenvalue weighted by atomic mass is 32.1. The second-order valence-corrected chi connectivity index (χ2v) is 5.09. The number of hydrogen-bond acceptors (Lipinski definition) is 3. The Morgan fingerprint density at radius 3 is 2.84 bits per heavy atom. The molecule has 3 nitrogen and oxygen atoms in total. The predicted octanol–water partition coefficient (Wildman–Crippen LogP) is 3.23. The Kier molecular flexibility index (Phi) is 3.25. The maximum absolute atomic E-state index is 12.1. The molecule has 0 unspecified atom stereocenters. The van der Waals surface area contributed by atoms with Crippen molar-refractivity contribution in [1.29, 1.82) is 0 Å². The summed E-state index contributed by atoms with van der Waals surface area (Å²) in [7, 11) is 0. The lowest BCUT2D eigenvalue weighted by Gasteiger charge is -2.05. The molecule has 0 bridgehead atoms. The molecule has 0 spiro atoms. The second kappa shape index (κ2) is 5.20. The molecule has 0 aliphatic carbocycles. The first-order chi connectivity index (χ1) is 9.33. The molecule has 19 heavy (non-hydrogen) atoms. The van der Waals surface area contributed by atoms with E-state index in [0.29, 0.717) is 12.1 Å². The lowest BCUT2D eigenvalue weighted by molar-refractivity contribution is 0.0951. The van der Waals surface area contributed by atoms with Gasteiger partial charge in [0.25, 0.3) is 5.91 Å². The van der Waals surface area contributed by atoms with Gasteiger partial charge in [-0.05, 0) is 23.8 Å². The number of thiazole rings is 1. The Bertz CT molecular complexity index is 706.